The van der Waals surface area contributed by atoms with Gasteiger partial charge in [-0.1, -0.05) is 20.3 Å². The molecule has 0 saturated carbocycles. The van der Waals surface area contributed by atoms with Crippen molar-refractivity contribution in [2.45, 2.75) is 52.6 Å². The number of hydrogen-bond acceptors (Lipinski definition) is 3. The number of nitrogens with zero attached hydrogens (tertiary/aromatic N) is 1. The molecule has 0 rings (SSSR count). The zero-order valence-electron chi connectivity index (χ0n) is 12.0. The summed E-state index contributed by atoms with van der Waals surface area (Å²) in [6.07, 6.45) is 1.64. The molecule has 0 aliphatic heterocycles. The van der Waals surface area contributed by atoms with Crippen LogP contribution in [0.25, 0.3) is 0 Å². The first-order valence-corrected chi connectivity index (χ1v) is 6.60. The van der Waals surface area contributed by atoms with Gasteiger partial charge in [-0.05, 0) is 26.8 Å². The number of hydrogen-bond donors (Lipinski definition) is 2. The maximum atomic E-state index is 11.7. The van der Waals surface area contributed by atoms with E-state index in [1.807, 2.05) is 20.9 Å². The standard InChI is InChI=1S/C13H29N3O/c1-6-11(4)9-16(5)12(8-14)7-13(17)15-10(2)3/h10-12H,6-9,14H2,1-5H3,(H,15,17). The fraction of sp³-hybridized carbons (Fsp3) is 0.923. The highest BCUT2D eigenvalue weighted by Gasteiger charge is 2.18. The predicted octanol–water partition coefficient (Wildman–Crippen LogP) is 1.21. The fourth-order valence-electron chi connectivity index (χ4n) is 1.78. The molecule has 1 amide bonds. The Balaban J connectivity index is 4.17. The lowest BCUT2D eigenvalue weighted by molar-refractivity contribution is -0.122. The molecule has 0 bridgehead atoms. The van der Waals surface area contributed by atoms with Gasteiger partial charge in [-0.3, -0.25) is 4.79 Å². The van der Waals surface area contributed by atoms with E-state index in [1.165, 1.54) is 0 Å². The normalized spacial score (nSPS) is 15.1. The van der Waals surface area contributed by atoms with E-state index in [4.69, 9.17) is 5.73 Å². The van der Waals surface area contributed by atoms with Crippen LogP contribution in [0.4, 0.5) is 0 Å². The van der Waals surface area contributed by atoms with Gasteiger partial charge < -0.3 is 16.0 Å². The van der Waals surface area contributed by atoms with Crippen LogP contribution in [0, 0.1) is 5.92 Å². The van der Waals surface area contributed by atoms with Gasteiger partial charge in [-0.15, -0.1) is 0 Å². The summed E-state index contributed by atoms with van der Waals surface area (Å²) < 4.78 is 0. The van der Waals surface area contributed by atoms with Crippen LogP contribution < -0.4 is 11.1 Å². The third-order valence-electron chi connectivity index (χ3n) is 3.06. The summed E-state index contributed by atoms with van der Waals surface area (Å²) in [5, 5.41) is 2.91. The van der Waals surface area contributed by atoms with Crippen LogP contribution in [0.2, 0.25) is 0 Å². The molecule has 3 N–H and O–H groups in total. The van der Waals surface area contributed by atoms with Gasteiger partial charge in [0.05, 0.1) is 0 Å². The number of rotatable bonds is 8. The molecule has 17 heavy (non-hydrogen) atoms. The molecule has 0 aromatic heterocycles. The van der Waals surface area contributed by atoms with E-state index in [1.54, 1.807) is 0 Å². The zero-order valence-corrected chi connectivity index (χ0v) is 12.0. The molecule has 4 heteroatoms. The lowest BCUT2D eigenvalue weighted by Gasteiger charge is -2.29. The quantitative estimate of drug-likeness (QED) is 0.673. The third kappa shape index (κ3) is 7.34. The monoisotopic (exact) mass is 243 g/mol. The van der Waals surface area contributed by atoms with E-state index in [0.717, 1.165) is 13.0 Å². The van der Waals surface area contributed by atoms with E-state index in [-0.39, 0.29) is 18.0 Å². The maximum absolute atomic E-state index is 11.7. The molecule has 102 valence electrons. The minimum atomic E-state index is 0.0893. The Bertz CT molecular complexity index is 219. The van der Waals surface area contributed by atoms with E-state index in [9.17, 15) is 4.79 Å². The molecule has 2 unspecified atom stereocenters. The highest BCUT2D eigenvalue weighted by Crippen LogP contribution is 2.08. The van der Waals surface area contributed by atoms with Crippen molar-refractivity contribution < 1.29 is 4.79 Å². The first-order chi connectivity index (χ1) is 7.90. The van der Waals surface area contributed by atoms with Gasteiger partial charge >= 0.3 is 0 Å². The summed E-state index contributed by atoms with van der Waals surface area (Å²) in [6.45, 7) is 9.86. The highest BCUT2D eigenvalue weighted by molar-refractivity contribution is 5.76. The van der Waals surface area contributed by atoms with Gasteiger partial charge in [0.2, 0.25) is 5.91 Å². The molecule has 0 aliphatic carbocycles. The smallest absolute Gasteiger partial charge is 0.221 e. The summed E-state index contributed by atoms with van der Waals surface area (Å²) in [7, 11) is 2.05. The highest BCUT2D eigenvalue weighted by atomic mass is 16.1. The van der Waals surface area contributed by atoms with Crippen LogP contribution in [0.5, 0.6) is 0 Å². The van der Waals surface area contributed by atoms with Gasteiger partial charge in [-0.2, -0.15) is 0 Å². The molecule has 0 aromatic rings. The molecular weight excluding hydrogens is 214 g/mol. The van der Waals surface area contributed by atoms with Crippen LogP contribution in [-0.2, 0) is 4.79 Å². The first kappa shape index (κ1) is 16.4. The average molecular weight is 243 g/mol. The Morgan fingerprint density at radius 3 is 2.35 bits per heavy atom. The van der Waals surface area contributed by atoms with Crippen LogP contribution in [-0.4, -0.2) is 43.0 Å². The van der Waals surface area contributed by atoms with E-state index in [2.05, 4.69) is 24.1 Å². The Morgan fingerprint density at radius 1 is 1.35 bits per heavy atom. The van der Waals surface area contributed by atoms with Gasteiger partial charge in [-0.25, -0.2) is 0 Å². The number of carbonyl (C=O) groups excluding carboxylic acids is 1. The third-order valence-corrected chi connectivity index (χ3v) is 3.06. The summed E-state index contributed by atoms with van der Waals surface area (Å²) in [6, 6.07) is 0.337. The zero-order chi connectivity index (χ0) is 13.4. The second kappa shape index (κ2) is 8.48. The Labute approximate surface area is 106 Å². The summed E-state index contributed by atoms with van der Waals surface area (Å²) in [5.41, 5.74) is 5.75. The van der Waals surface area contributed by atoms with E-state index >= 15 is 0 Å². The van der Waals surface area contributed by atoms with Crippen molar-refractivity contribution in [1.82, 2.24) is 10.2 Å². The van der Waals surface area contributed by atoms with Crippen LogP contribution in [0.15, 0.2) is 0 Å². The van der Waals surface area contributed by atoms with Gasteiger partial charge in [0.15, 0.2) is 0 Å². The first-order valence-electron chi connectivity index (χ1n) is 6.60. The minimum Gasteiger partial charge on any atom is -0.354 e. The van der Waals surface area contributed by atoms with Gasteiger partial charge in [0.25, 0.3) is 0 Å². The molecule has 0 fully saturated rings. The Hall–Kier alpha value is -0.610. The molecule has 0 radical (unpaired) electrons. The van der Waals surface area contributed by atoms with Crippen molar-refractivity contribution in [1.29, 1.82) is 0 Å². The molecule has 0 aliphatic rings. The van der Waals surface area contributed by atoms with Crippen LogP contribution >= 0.6 is 0 Å². The topological polar surface area (TPSA) is 58.4 Å². The van der Waals surface area contributed by atoms with E-state index in [0.29, 0.717) is 18.9 Å². The summed E-state index contributed by atoms with van der Waals surface area (Å²) >= 11 is 0. The number of likely N-dealkylation sites (N-methyl/N-ethyl adjacent to an activating group) is 1. The lowest BCUT2D eigenvalue weighted by Crippen LogP contribution is -2.44. The molecule has 4 nitrogen and oxygen atoms in total. The summed E-state index contributed by atoms with van der Waals surface area (Å²) in [5.74, 6) is 0.730. The molecule has 0 aromatic carbocycles. The second-order valence-electron chi connectivity index (χ2n) is 5.27. The summed E-state index contributed by atoms with van der Waals surface area (Å²) in [4.78, 5) is 13.9. The molecule has 2 atom stereocenters. The van der Waals surface area contributed by atoms with Gasteiger partial charge in [0, 0.05) is 31.6 Å². The largest absolute Gasteiger partial charge is 0.354 e. The van der Waals surface area contributed by atoms with Crippen LogP contribution in [0.3, 0.4) is 0 Å². The van der Waals surface area contributed by atoms with Crippen molar-refractivity contribution in [3.63, 3.8) is 0 Å². The number of amides is 1. The molecule has 0 heterocycles. The number of nitrogens with one attached hydrogen (secondary N) is 1. The number of carbonyl (C=O) groups is 1. The average Bonchev–Trinajstić information content (AvgIpc) is 2.24. The van der Waals surface area contributed by atoms with Gasteiger partial charge in [0.1, 0.15) is 0 Å². The van der Waals surface area contributed by atoms with Crippen LogP contribution in [0.1, 0.15) is 40.5 Å². The maximum Gasteiger partial charge on any atom is 0.221 e. The fourth-order valence-corrected chi connectivity index (χ4v) is 1.78. The molecule has 0 spiro atoms. The minimum absolute atomic E-state index is 0.0893. The molecular formula is C13H29N3O. The second-order valence-corrected chi connectivity index (χ2v) is 5.27. The van der Waals surface area contributed by atoms with E-state index < -0.39 is 0 Å². The van der Waals surface area contributed by atoms with Crippen molar-refractivity contribution in [2.24, 2.45) is 11.7 Å². The predicted molar refractivity (Wildman–Crippen MR) is 72.8 cm³/mol. The Morgan fingerprint density at radius 2 is 1.94 bits per heavy atom. The van der Waals surface area contributed by atoms with Crippen molar-refractivity contribution in [3.05, 3.63) is 0 Å². The lowest BCUT2D eigenvalue weighted by atomic mass is 10.1. The Kier molecular flexibility index (Phi) is 8.17. The SMILES string of the molecule is CCC(C)CN(C)C(CN)CC(=O)NC(C)C. The van der Waals surface area contributed by atoms with Crippen molar-refractivity contribution in [2.75, 3.05) is 20.1 Å². The molecule has 0 saturated heterocycles. The number of nitrogens with two attached hydrogens (primary N) is 1. The van der Waals surface area contributed by atoms with Crippen molar-refractivity contribution >= 4 is 5.91 Å². The van der Waals surface area contributed by atoms with Crippen molar-refractivity contribution in [3.8, 4) is 0 Å².